The Morgan fingerprint density at radius 1 is 0.548 bits per heavy atom. The molecule has 5 aromatic rings. The first kappa shape index (κ1) is 21.6. The van der Waals surface area contributed by atoms with Gasteiger partial charge in [0.15, 0.2) is 0 Å². The van der Waals surface area contributed by atoms with E-state index in [1.807, 2.05) is 0 Å². The minimum absolute atomic E-state index is 0. The fraction of sp³-hybridized carbons (Fsp3) is 0.0714. The second-order valence-corrected chi connectivity index (χ2v) is 13.3. The average molecular weight is 488 g/mol. The van der Waals surface area contributed by atoms with Gasteiger partial charge in [-0.3, -0.25) is 0 Å². The van der Waals surface area contributed by atoms with Crippen molar-refractivity contribution in [3.05, 3.63) is 121 Å². The van der Waals surface area contributed by atoms with Gasteiger partial charge in [-0.2, -0.15) is 0 Å². The third kappa shape index (κ3) is 3.01. The number of hydrogen-bond acceptors (Lipinski definition) is 0. The van der Waals surface area contributed by atoms with Crippen LogP contribution in [0.3, 0.4) is 0 Å². The predicted molar refractivity (Wildman–Crippen MR) is 144 cm³/mol. The fourth-order valence-corrected chi connectivity index (χ4v) is 10.8. The van der Waals surface area contributed by atoms with Crippen molar-refractivity contribution in [3.8, 4) is 0 Å². The number of para-hydroxylation sites is 1. The number of halogens is 1. The van der Waals surface area contributed by atoms with Crippen molar-refractivity contribution in [3.63, 3.8) is 0 Å². The molecule has 5 rings (SSSR count). The predicted octanol–water partition coefficient (Wildman–Crippen LogP) is 5.54. The summed E-state index contributed by atoms with van der Waals surface area (Å²) in [4.78, 5) is 0. The molecule has 3 heteroatoms. The van der Waals surface area contributed by atoms with Gasteiger partial charge in [-0.25, -0.2) is 0 Å². The van der Waals surface area contributed by atoms with Crippen LogP contribution in [0.15, 0.2) is 121 Å². The van der Waals surface area contributed by atoms with Crippen molar-refractivity contribution in [2.45, 2.75) is 0 Å². The van der Waals surface area contributed by atoms with E-state index in [9.17, 15) is 0 Å². The van der Waals surface area contributed by atoms with E-state index in [1.54, 1.807) is 0 Å². The van der Waals surface area contributed by atoms with Gasteiger partial charge in [0.2, 0.25) is 0 Å². The number of hydrogen-bond donors (Lipinski definition) is 0. The molecule has 0 unspecified atom stereocenters. The van der Waals surface area contributed by atoms with Crippen LogP contribution in [0.2, 0.25) is 0 Å². The van der Waals surface area contributed by atoms with Gasteiger partial charge in [-0.15, -0.1) is 17.0 Å². The zero-order chi connectivity index (χ0) is 20.6. The summed E-state index contributed by atoms with van der Waals surface area (Å²) in [5.41, 5.74) is 2.65. The van der Waals surface area contributed by atoms with Crippen molar-refractivity contribution < 1.29 is 0 Å². The van der Waals surface area contributed by atoms with Crippen molar-refractivity contribution in [1.82, 2.24) is 4.57 Å². The molecule has 1 aromatic heterocycles. The molecule has 0 spiro atoms. The molecule has 0 atom stereocenters. The molecule has 0 saturated carbocycles. The Kier molecular flexibility index (Phi) is 5.64. The van der Waals surface area contributed by atoms with Gasteiger partial charge < -0.3 is 0 Å². The Balaban J connectivity index is 0.00000231. The van der Waals surface area contributed by atoms with Crippen molar-refractivity contribution in [1.29, 1.82) is 0 Å². The molecular weight excluding hydrogens is 461 g/mol. The maximum atomic E-state index is 2.51. The first-order valence-electron chi connectivity index (χ1n) is 10.4. The number of rotatable bonds is 4. The third-order valence-corrected chi connectivity index (χ3v) is 13.0. The van der Waals surface area contributed by atoms with Gasteiger partial charge in [-0.1, -0.05) is 0 Å². The van der Waals surface area contributed by atoms with E-state index in [0.29, 0.717) is 0 Å². The van der Waals surface area contributed by atoms with E-state index in [1.165, 1.54) is 32.3 Å². The van der Waals surface area contributed by atoms with E-state index in [4.69, 9.17) is 0 Å². The average Bonchev–Trinajstić information content (AvgIpc) is 3.18. The zero-order valence-corrected chi connectivity index (χ0v) is 20.5. The van der Waals surface area contributed by atoms with Crippen molar-refractivity contribution >= 4 is 55.8 Å². The van der Waals surface area contributed by atoms with E-state index >= 15 is 0 Å². The Hall–Kier alpha value is -2.67. The number of benzene rings is 4. The summed E-state index contributed by atoms with van der Waals surface area (Å²) in [6.07, 6.45) is 0. The first-order chi connectivity index (χ1) is 14.6. The molecule has 1 nitrogen and oxygen atoms in total. The van der Waals surface area contributed by atoms with Crippen molar-refractivity contribution in [2.75, 3.05) is 6.66 Å². The van der Waals surface area contributed by atoms with Crippen LogP contribution in [0.25, 0.3) is 10.9 Å². The van der Waals surface area contributed by atoms with Gasteiger partial charge in [0.25, 0.3) is 0 Å². The van der Waals surface area contributed by atoms with Crippen LogP contribution < -0.4 is 21.3 Å². The molecule has 0 N–H and O–H groups in total. The third-order valence-electron chi connectivity index (χ3n) is 6.70. The van der Waals surface area contributed by atoms with E-state index < -0.39 is 6.60 Å². The van der Waals surface area contributed by atoms with Gasteiger partial charge >= 0.3 is 178 Å². The Labute approximate surface area is 195 Å². The Bertz CT molecular complexity index is 1210. The van der Waals surface area contributed by atoms with E-state index in [2.05, 4.69) is 140 Å². The second-order valence-electron chi connectivity index (χ2n) is 8.19. The minimum atomic E-state index is -2.99. The topological polar surface area (TPSA) is 4.93 Å². The fourth-order valence-electron chi connectivity index (χ4n) is 5.06. The molecule has 0 fully saturated rings. The van der Waals surface area contributed by atoms with Crippen LogP contribution >= 0.6 is 23.6 Å². The normalized spacial score (nSPS) is 12.6. The molecule has 0 saturated heterocycles. The van der Waals surface area contributed by atoms with Crippen LogP contribution in [0.1, 0.15) is 0 Å². The van der Waals surface area contributed by atoms with Crippen molar-refractivity contribution in [2.24, 2.45) is 7.05 Å². The molecule has 31 heavy (non-hydrogen) atoms. The number of fused-ring (bicyclic) bond motifs is 1. The summed E-state index contributed by atoms with van der Waals surface area (Å²) in [7, 11) is 2.22. The van der Waals surface area contributed by atoms with Crippen LogP contribution in [-0.4, -0.2) is 11.2 Å². The molecule has 0 radical (unpaired) electrons. The Morgan fingerprint density at radius 3 is 1.35 bits per heavy atom. The molecule has 0 aliphatic heterocycles. The maximum absolute atomic E-state index is 2.99. The molecule has 156 valence electrons. The molecule has 0 aliphatic carbocycles. The second kappa shape index (κ2) is 8.11. The summed E-state index contributed by atoms with van der Waals surface area (Å²) in [5.74, 6) is 0. The van der Waals surface area contributed by atoms with E-state index in [-0.39, 0.29) is 17.0 Å². The first-order valence-corrected chi connectivity index (χ1v) is 13.1. The zero-order valence-electron chi connectivity index (χ0n) is 17.8. The number of aryl methyl sites for hydroxylation is 1. The number of nitrogens with zero attached hydrogens (tertiary/aromatic N) is 1. The van der Waals surface area contributed by atoms with Crippen LogP contribution in [0.4, 0.5) is 0 Å². The van der Waals surface area contributed by atoms with Gasteiger partial charge in [-0.05, 0) is 0 Å². The quantitative estimate of drug-likeness (QED) is 0.293. The standard InChI is InChI=1S/C28H26NP.BrH/c1-29-27-21-13-12-14-23(27)22-28(29)30(2,24-15-6-3-7-16-24,25-17-8-4-9-18-25)26-19-10-5-11-20-26;/h3-22H,1-2H3;1H. The summed E-state index contributed by atoms with van der Waals surface area (Å²) >= 11 is 0. The van der Waals surface area contributed by atoms with Crippen LogP contribution in [0, 0.1) is 0 Å². The molecule has 1 heterocycles. The van der Waals surface area contributed by atoms with Gasteiger partial charge in [0.05, 0.1) is 0 Å². The summed E-state index contributed by atoms with van der Waals surface area (Å²) in [5, 5.41) is 5.43. The summed E-state index contributed by atoms with van der Waals surface area (Å²) < 4.78 is 2.42. The SMILES string of the molecule is Br.Cn1c(P(C)(c2ccccc2)(c2ccccc2)c2ccccc2)cc2ccccc21. The van der Waals surface area contributed by atoms with Gasteiger partial charge in [0.1, 0.15) is 0 Å². The molecule has 0 bridgehead atoms. The number of aromatic nitrogens is 1. The van der Waals surface area contributed by atoms with Gasteiger partial charge in [0, 0.05) is 0 Å². The van der Waals surface area contributed by atoms with Crippen LogP contribution in [0.5, 0.6) is 0 Å². The molecule has 0 amide bonds. The monoisotopic (exact) mass is 487 g/mol. The summed E-state index contributed by atoms with van der Waals surface area (Å²) in [6.45, 7) is -0.475. The molecular formula is C28H27BrNP. The molecule has 0 aliphatic rings. The van der Waals surface area contributed by atoms with Crippen LogP contribution in [-0.2, 0) is 7.05 Å². The summed E-state index contributed by atoms with van der Waals surface area (Å²) in [6, 6.07) is 44.4. The molecule has 4 aromatic carbocycles. The Morgan fingerprint density at radius 2 is 0.935 bits per heavy atom. The van der Waals surface area contributed by atoms with E-state index in [0.717, 1.165) is 0 Å².